The van der Waals surface area contributed by atoms with Crippen molar-refractivity contribution in [2.75, 3.05) is 34.3 Å². The monoisotopic (exact) mass is 353 g/mol. The molecule has 0 spiro atoms. The van der Waals surface area contributed by atoms with Crippen LogP contribution in [0.15, 0.2) is 12.1 Å². The molecular weight excluding hydrogens is 326 g/mol. The lowest BCUT2D eigenvalue weighted by Gasteiger charge is -2.24. The fourth-order valence-corrected chi connectivity index (χ4v) is 3.93. The first kappa shape index (κ1) is 18.7. The Kier molecular flexibility index (Phi) is 6.23. The number of hydrogen-bond donors (Lipinski definition) is 1. The standard InChI is InChI=1S/C17H27N3O3S/c1-11(2)13-8-20(9-14(13)18-17(22)19(3)4)16(21)15-7-6-12(24-15)10-23-5/h6-7,11,13-14H,8-10H2,1-5H3,(H,18,22)/t13-,14+/m0/s1. The van der Waals surface area contributed by atoms with Crippen molar-refractivity contribution in [1.82, 2.24) is 15.1 Å². The number of nitrogens with zero attached hydrogens (tertiary/aromatic N) is 2. The molecule has 0 bridgehead atoms. The molecular formula is C17H27N3O3S. The van der Waals surface area contributed by atoms with Crippen molar-refractivity contribution in [3.8, 4) is 0 Å². The lowest BCUT2D eigenvalue weighted by molar-refractivity contribution is 0.0787. The predicted molar refractivity (Wildman–Crippen MR) is 95.3 cm³/mol. The molecule has 1 aliphatic rings. The third-order valence-electron chi connectivity index (χ3n) is 4.38. The highest BCUT2D eigenvalue weighted by Crippen LogP contribution is 2.27. The molecule has 24 heavy (non-hydrogen) atoms. The van der Waals surface area contributed by atoms with Crippen LogP contribution in [0.25, 0.3) is 0 Å². The van der Waals surface area contributed by atoms with Crippen LogP contribution >= 0.6 is 11.3 Å². The molecule has 1 aromatic heterocycles. The summed E-state index contributed by atoms with van der Waals surface area (Å²) >= 11 is 1.47. The van der Waals surface area contributed by atoms with E-state index in [1.165, 1.54) is 16.2 Å². The molecule has 1 fully saturated rings. The van der Waals surface area contributed by atoms with Crippen molar-refractivity contribution in [2.45, 2.75) is 26.5 Å². The molecule has 0 saturated carbocycles. The van der Waals surface area contributed by atoms with Crippen molar-refractivity contribution >= 4 is 23.3 Å². The molecule has 134 valence electrons. The Labute approximate surface area is 147 Å². The van der Waals surface area contributed by atoms with Crippen molar-refractivity contribution in [3.05, 3.63) is 21.9 Å². The summed E-state index contributed by atoms with van der Waals surface area (Å²) in [6.07, 6.45) is 0. The molecule has 2 atom stereocenters. The molecule has 6 nitrogen and oxygen atoms in total. The molecule has 1 aromatic rings. The summed E-state index contributed by atoms with van der Waals surface area (Å²) in [4.78, 5) is 29.9. The van der Waals surface area contributed by atoms with Crippen LogP contribution in [0, 0.1) is 11.8 Å². The highest BCUT2D eigenvalue weighted by atomic mass is 32.1. The average Bonchev–Trinajstić information content (AvgIpc) is 3.14. The third-order valence-corrected chi connectivity index (χ3v) is 5.43. The molecule has 2 rings (SSSR count). The summed E-state index contributed by atoms with van der Waals surface area (Å²) in [5.74, 6) is 0.688. The number of ether oxygens (including phenoxy) is 1. The number of nitrogens with one attached hydrogen (secondary N) is 1. The van der Waals surface area contributed by atoms with Crippen LogP contribution in [0.5, 0.6) is 0 Å². The first-order valence-corrected chi connectivity index (χ1v) is 8.99. The maximum absolute atomic E-state index is 12.8. The Morgan fingerprint density at radius 2 is 2.08 bits per heavy atom. The minimum Gasteiger partial charge on any atom is -0.379 e. The number of urea groups is 1. The van der Waals surface area contributed by atoms with Gasteiger partial charge in [-0.25, -0.2) is 4.79 Å². The van der Waals surface area contributed by atoms with Crippen LogP contribution < -0.4 is 5.32 Å². The van der Waals surface area contributed by atoms with Crippen LogP contribution in [0.4, 0.5) is 4.79 Å². The van der Waals surface area contributed by atoms with E-state index >= 15 is 0 Å². The lowest BCUT2D eigenvalue weighted by atomic mass is 9.91. The Balaban J connectivity index is 2.07. The maximum Gasteiger partial charge on any atom is 0.317 e. The summed E-state index contributed by atoms with van der Waals surface area (Å²) in [6, 6.07) is 3.67. The van der Waals surface area contributed by atoms with Gasteiger partial charge in [-0.3, -0.25) is 4.79 Å². The second-order valence-corrected chi connectivity index (χ2v) is 7.94. The highest BCUT2D eigenvalue weighted by Gasteiger charge is 2.38. The van der Waals surface area contributed by atoms with Gasteiger partial charge in [-0.2, -0.15) is 0 Å². The van der Waals surface area contributed by atoms with E-state index in [2.05, 4.69) is 19.2 Å². The van der Waals surface area contributed by atoms with Crippen LogP contribution in [0.3, 0.4) is 0 Å². The van der Waals surface area contributed by atoms with Gasteiger partial charge in [0.2, 0.25) is 0 Å². The predicted octanol–water partition coefficient (Wildman–Crippen LogP) is 2.26. The van der Waals surface area contributed by atoms with Crippen molar-refractivity contribution < 1.29 is 14.3 Å². The lowest BCUT2D eigenvalue weighted by Crippen LogP contribution is -2.46. The SMILES string of the molecule is COCc1ccc(C(=O)N2C[C@@H](NC(=O)N(C)C)[C@H](C(C)C)C2)s1. The van der Waals surface area contributed by atoms with E-state index in [1.54, 1.807) is 21.2 Å². The third kappa shape index (κ3) is 4.27. The number of amides is 3. The second kappa shape index (κ2) is 7.98. The van der Waals surface area contributed by atoms with Crippen molar-refractivity contribution in [1.29, 1.82) is 0 Å². The van der Waals surface area contributed by atoms with Gasteiger partial charge < -0.3 is 19.9 Å². The van der Waals surface area contributed by atoms with Crippen LogP contribution in [0.1, 0.15) is 28.4 Å². The van der Waals surface area contributed by atoms with Crippen LogP contribution in [-0.4, -0.2) is 62.1 Å². The smallest absolute Gasteiger partial charge is 0.317 e. The van der Waals surface area contributed by atoms with Crippen molar-refractivity contribution in [3.63, 3.8) is 0 Å². The largest absolute Gasteiger partial charge is 0.379 e. The molecule has 3 amide bonds. The maximum atomic E-state index is 12.8. The number of methoxy groups -OCH3 is 1. The van der Waals surface area contributed by atoms with E-state index in [4.69, 9.17) is 4.74 Å². The van der Waals surface area contributed by atoms with Gasteiger partial charge in [0, 0.05) is 45.1 Å². The van der Waals surface area contributed by atoms with Crippen molar-refractivity contribution in [2.24, 2.45) is 11.8 Å². The van der Waals surface area contributed by atoms with Gasteiger partial charge in [-0.05, 0) is 18.1 Å². The Bertz CT molecular complexity index is 585. The van der Waals surface area contributed by atoms with E-state index in [1.807, 2.05) is 17.0 Å². The number of hydrogen-bond acceptors (Lipinski definition) is 4. The van der Waals surface area contributed by atoms with Gasteiger partial charge in [0.15, 0.2) is 0 Å². The number of likely N-dealkylation sites (tertiary alicyclic amines) is 1. The minimum atomic E-state index is -0.113. The summed E-state index contributed by atoms with van der Waals surface area (Å²) in [5, 5.41) is 3.05. The van der Waals surface area contributed by atoms with Crippen LogP contribution in [-0.2, 0) is 11.3 Å². The molecule has 1 N–H and O–H groups in total. The van der Waals surface area contributed by atoms with Gasteiger partial charge in [0.25, 0.3) is 5.91 Å². The molecule has 1 aliphatic heterocycles. The zero-order chi connectivity index (χ0) is 17.9. The molecule has 0 unspecified atom stereocenters. The number of carbonyl (C=O) groups is 2. The van der Waals surface area contributed by atoms with E-state index in [0.29, 0.717) is 25.6 Å². The zero-order valence-corrected chi connectivity index (χ0v) is 15.9. The summed E-state index contributed by atoms with van der Waals surface area (Å²) in [5.41, 5.74) is 0. The molecule has 0 aromatic carbocycles. The fourth-order valence-electron chi connectivity index (χ4n) is 2.98. The first-order valence-electron chi connectivity index (χ1n) is 8.18. The molecule has 0 radical (unpaired) electrons. The Morgan fingerprint density at radius 3 is 2.67 bits per heavy atom. The molecule has 7 heteroatoms. The molecule has 2 heterocycles. The first-order chi connectivity index (χ1) is 11.3. The Hall–Kier alpha value is -1.60. The quantitative estimate of drug-likeness (QED) is 0.883. The summed E-state index contributed by atoms with van der Waals surface area (Å²) < 4.78 is 5.11. The van der Waals surface area contributed by atoms with Crippen LogP contribution in [0.2, 0.25) is 0 Å². The van der Waals surface area contributed by atoms with Gasteiger partial charge in [-0.15, -0.1) is 11.3 Å². The number of rotatable bonds is 5. The molecule has 1 saturated heterocycles. The summed E-state index contributed by atoms with van der Waals surface area (Å²) in [6.45, 7) is 6.02. The van der Waals surface area contributed by atoms with Gasteiger partial charge >= 0.3 is 6.03 Å². The topological polar surface area (TPSA) is 61.9 Å². The Morgan fingerprint density at radius 1 is 1.38 bits per heavy atom. The minimum absolute atomic E-state index is 0.0118. The normalized spacial score (nSPS) is 20.5. The van der Waals surface area contributed by atoms with Gasteiger partial charge in [0.05, 0.1) is 17.5 Å². The average molecular weight is 353 g/mol. The zero-order valence-electron chi connectivity index (χ0n) is 15.0. The van der Waals surface area contributed by atoms with Gasteiger partial charge in [0.1, 0.15) is 0 Å². The number of carbonyl (C=O) groups excluding carboxylic acids is 2. The van der Waals surface area contributed by atoms with Gasteiger partial charge in [-0.1, -0.05) is 13.8 Å². The summed E-state index contributed by atoms with van der Waals surface area (Å²) in [7, 11) is 5.09. The van der Waals surface area contributed by atoms with E-state index in [9.17, 15) is 9.59 Å². The second-order valence-electron chi connectivity index (χ2n) is 6.77. The van der Waals surface area contributed by atoms with E-state index in [0.717, 1.165) is 9.75 Å². The van der Waals surface area contributed by atoms with E-state index < -0.39 is 0 Å². The highest BCUT2D eigenvalue weighted by molar-refractivity contribution is 7.14. The molecule has 0 aliphatic carbocycles. The number of thiophene rings is 1. The van der Waals surface area contributed by atoms with E-state index in [-0.39, 0.29) is 23.9 Å². The fraction of sp³-hybridized carbons (Fsp3) is 0.647.